The minimum atomic E-state index is 0.0982. The average Bonchev–Trinajstić information content (AvgIpc) is 2.77. The number of hydrogen-bond donors (Lipinski definition) is 1. The molecular weight excluding hydrogens is 358 g/mol. The number of anilines is 1. The molecule has 0 spiro atoms. The van der Waals surface area contributed by atoms with Crippen molar-refractivity contribution in [2.75, 3.05) is 18.0 Å². The second-order valence-corrected chi connectivity index (χ2v) is 7.16. The lowest BCUT2D eigenvalue weighted by molar-refractivity contribution is 0.317. The first-order valence-corrected chi connectivity index (χ1v) is 10.2. The highest BCUT2D eigenvalue weighted by Gasteiger charge is 2.20. The summed E-state index contributed by atoms with van der Waals surface area (Å²) in [6.07, 6.45) is 4.06. The van der Waals surface area contributed by atoms with Crippen molar-refractivity contribution in [1.82, 2.24) is 4.98 Å². The molecule has 0 saturated heterocycles. The van der Waals surface area contributed by atoms with E-state index in [2.05, 4.69) is 84.3 Å². The molecule has 3 rings (SSSR count). The summed E-state index contributed by atoms with van der Waals surface area (Å²) < 4.78 is 0. The van der Waals surface area contributed by atoms with Gasteiger partial charge in [-0.15, -0.1) is 0 Å². The number of oxime groups is 1. The van der Waals surface area contributed by atoms with Crippen LogP contribution >= 0.6 is 0 Å². The maximum atomic E-state index is 9.73. The first-order chi connectivity index (χ1) is 14.2. The van der Waals surface area contributed by atoms with Gasteiger partial charge in [-0.2, -0.15) is 0 Å². The Morgan fingerprint density at radius 2 is 1.62 bits per heavy atom. The van der Waals surface area contributed by atoms with Gasteiger partial charge in [-0.25, -0.2) is 0 Å². The van der Waals surface area contributed by atoms with Gasteiger partial charge in [0.15, 0.2) is 0 Å². The summed E-state index contributed by atoms with van der Waals surface area (Å²) >= 11 is 0. The zero-order valence-electron chi connectivity index (χ0n) is 17.4. The third kappa shape index (κ3) is 4.83. The van der Waals surface area contributed by atoms with Gasteiger partial charge in [0.05, 0.1) is 5.71 Å². The third-order valence-corrected chi connectivity index (χ3v) is 5.52. The minimum Gasteiger partial charge on any atom is -0.411 e. The van der Waals surface area contributed by atoms with E-state index in [9.17, 15) is 5.21 Å². The fraction of sp³-hybridized carbons (Fsp3) is 0.280. The maximum absolute atomic E-state index is 9.73. The lowest BCUT2D eigenvalue weighted by Gasteiger charge is -2.24. The first-order valence-electron chi connectivity index (χ1n) is 10.2. The van der Waals surface area contributed by atoms with Crippen LogP contribution in [0.15, 0.2) is 78.2 Å². The molecule has 0 aliphatic rings. The molecule has 0 fully saturated rings. The molecule has 0 radical (unpaired) electrons. The molecule has 2 aromatic carbocycles. The molecule has 1 heterocycles. The van der Waals surface area contributed by atoms with Gasteiger partial charge < -0.3 is 10.1 Å². The first kappa shape index (κ1) is 20.6. The molecule has 0 bridgehead atoms. The van der Waals surface area contributed by atoms with Crippen LogP contribution in [0.25, 0.3) is 0 Å². The summed E-state index contributed by atoms with van der Waals surface area (Å²) in [5.41, 5.74) is 6.47. The van der Waals surface area contributed by atoms with Crippen LogP contribution in [0.2, 0.25) is 0 Å². The number of aryl methyl sites for hydroxylation is 1. The fourth-order valence-electron chi connectivity index (χ4n) is 3.85. The van der Waals surface area contributed by atoms with Gasteiger partial charge in [-0.1, -0.05) is 41.6 Å². The molecule has 1 atom stereocenters. The Kier molecular flexibility index (Phi) is 7.01. The smallest absolute Gasteiger partial charge is 0.0878 e. The van der Waals surface area contributed by atoms with Gasteiger partial charge in [0.25, 0.3) is 0 Å². The summed E-state index contributed by atoms with van der Waals surface area (Å²) in [7, 11) is 0. The average molecular weight is 388 g/mol. The number of benzene rings is 2. The van der Waals surface area contributed by atoms with E-state index in [1.807, 2.05) is 12.1 Å². The van der Waals surface area contributed by atoms with Gasteiger partial charge in [0, 0.05) is 49.1 Å². The van der Waals surface area contributed by atoms with Crippen molar-refractivity contribution < 1.29 is 5.21 Å². The molecule has 4 heteroatoms. The quantitative estimate of drug-likeness (QED) is 0.309. The Hall–Kier alpha value is -3.14. The van der Waals surface area contributed by atoms with Crippen molar-refractivity contribution in [3.05, 3.63) is 95.3 Å². The number of aromatic nitrogens is 1. The van der Waals surface area contributed by atoms with E-state index >= 15 is 0 Å². The number of rotatable bonds is 8. The molecule has 1 unspecified atom stereocenters. The number of hydrogen-bond acceptors (Lipinski definition) is 4. The summed E-state index contributed by atoms with van der Waals surface area (Å²) in [5, 5.41) is 13.4. The van der Waals surface area contributed by atoms with Crippen LogP contribution in [0.4, 0.5) is 5.69 Å². The van der Waals surface area contributed by atoms with E-state index in [0.717, 1.165) is 18.7 Å². The SMILES string of the molecule is CCN(CC)c1ccc(C(CC(=NO)c2ccncc2)c2ccccc2C)cc1. The predicted octanol–water partition coefficient (Wildman–Crippen LogP) is 5.64. The van der Waals surface area contributed by atoms with Crippen molar-refractivity contribution in [2.24, 2.45) is 5.16 Å². The molecule has 1 N–H and O–H groups in total. The Morgan fingerprint density at radius 1 is 0.966 bits per heavy atom. The molecule has 4 nitrogen and oxygen atoms in total. The van der Waals surface area contributed by atoms with E-state index in [1.165, 1.54) is 22.4 Å². The lowest BCUT2D eigenvalue weighted by Crippen LogP contribution is -2.21. The number of nitrogens with zero attached hydrogens (tertiary/aromatic N) is 3. The Bertz CT molecular complexity index is 932. The van der Waals surface area contributed by atoms with Crippen molar-refractivity contribution in [3.63, 3.8) is 0 Å². The third-order valence-electron chi connectivity index (χ3n) is 5.52. The fourth-order valence-corrected chi connectivity index (χ4v) is 3.85. The highest BCUT2D eigenvalue weighted by molar-refractivity contribution is 6.00. The predicted molar refractivity (Wildman–Crippen MR) is 120 cm³/mol. The van der Waals surface area contributed by atoms with Crippen molar-refractivity contribution in [2.45, 2.75) is 33.1 Å². The maximum Gasteiger partial charge on any atom is 0.0878 e. The molecule has 1 aromatic heterocycles. The summed E-state index contributed by atoms with van der Waals surface area (Å²) in [6.45, 7) is 8.45. The highest BCUT2D eigenvalue weighted by Crippen LogP contribution is 2.33. The molecular formula is C25H29N3O. The van der Waals surface area contributed by atoms with Crippen molar-refractivity contribution in [3.8, 4) is 0 Å². The second-order valence-electron chi connectivity index (χ2n) is 7.16. The molecule has 29 heavy (non-hydrogen) atoms. The Labute approximate surface area is 173 Å². The lowest BCUT2D eigenvalue weighted by atomic mass is 9.83. The van der Waals surface area contributed by atoms with Crippen LogP contribution in [0.3, 0.4) is 0 Å². The van der Waals surface area contributed by atoms with E-state index in [4.69, 9.17) is 0 Å². The van der Waals surface area contributed by atoms with Crippen LogP contribution < -0.4 is 4.90 Å². The normalized spacial score (nSPS) is 12.6. The Balaban J connectivity index is 1.99. The van der Waals surface area contributed by atoms with Crippen LogP contribution in [-0.2, 0) is 0 Å². The topological polar surface area (TPSA) is 48.7 Å². The molecule has 3 aromatic rings. The molecule has 0 amide bonds. The van der Waals surface area contributed by atoms with Crippen molar-refractivity contribution >= 4 is 11.4 Å². The van der Waals surface area contributed by atoms with Gasteiger partial charge in [0.1, 0.15) is 0 Å². The zero-order chi connectivity index (χ0) is 20.6. The van der Waals surface area contributed by atoms with E-state index in [1.54, 1.807) is 12.4 Å². The minimum absolute atomic E-state index is 0.0982. The standard InChI is InChI=1S/C25H29N3O/c1-4-28(5-2)22-12-10-20(11-13-22)24(23-9-7-6-8-19(23)3)18-25(27-29)21-14-16-26-17-15-21/h6-17,24,29H,4-5,18H2,1-3H3. The van der Waals surface area contributed by atoms with E-state index in [-0.39, 0.29) is 5.92 Å². The summed E-state index contributed by atoms with van der Waals surface area (Å²) in [4.78, 5) is 6.41. The van der Waals surface area contributed by atoms with Crippen LogP contribution in [0.1, 0.15) is 48.4 Å². The van der Waals surface area contributed by atoms with E-state index < -0.39 is 0 Å². The van der Waals surface area contributed by atoms with Crippen molar-refractivity contribution in [1.29, 1.82) is 0 Å². The highest BCUT2D eigenvalue weighted by atomic mass is 16.4. The van der Waals surface area contributed by atoms with Gasteiger partial charge in [-0.3, -0.25) is 4.98 Å². The number of pyridine rings is 1. The zero-order valence-corrected chi connectivity index (χ0v) is 17.4. The van der Waals surface area contributed by atoms with Crippen LogP contribution in [0, 0.1) is 6.92 Å². The van der Waals surface area contributed by atoms with E-state index in [0.29, 0.717) is 12.1 Å². The van der Waals surface area contributed by atoms with Gasteiger partial charge >= 0.3 is 0 Å². The molecule has 0 aliphatic heterocycles. The molecule has 0 saturated carbocycles. The molecule has 0 aliphatic carbocycles. The van der Waals surface area contributed by atoms with Gasteiger partial charge in [0.2, 0.25) is 0 Å². The monoisotopic (exact) mass is 387 g/mol. The Morgan fingerprint density at radius 3 is 2.21 bits per heavy atom. The van der Waals surface area contributed by atoms with Gasteiger partial charge in [-0.05, 0) is 61.7 Å². The largest absolute Gasteiger partial charge is 0.411 e. The van der Waals surface area contributed by atoms with Crippen LogP contribution in [0.5, 0.6) is 0 Å². The van der Waals surface area contributed by atoms with Crippen LogP contribution in [-0.4, -0.2) is 29.0 Å². The summed E-state index contributed by atoms with van der Waals surface area (Å²) in [5.74, 6) is 0.0982. The summed E-state index contributed by atoms with van der Waals surface area (Å²) in [6, 6.07) is 21.0. The second kappa shape index (κ2) is 9.87. The molecule has 150 valence electrons.